The fourth-order valence-electron chi connectivity index (χ4n) is 1.88. The van der Waals surface area contributed by atoms with Crippen LogP contribution in [-0.4, -0.2) is 26.3 Å². The van der Waals surface area contributed by atoms with E-state index >= 15 is 0 Å². The van der Waals surface area contributed by atoms with Crippen molar-refractivity contribution in [1.82, 2.24) is 5.32 Å². The van der Waals surface area contributed by atoms with Gasteiger partial charge in [-0.1, -0.05) is 13.0 Å². The van der Waals surface area contributed by atoms with Crippen molar-refractivity contribution in [1.29, 1.82) is 0 Å². The van der Waals surface area contributed by atoms with Crippen LogP contribution in [-0.2, 0) is 6.54 Å². The maximum atomic E-state index is 13.8. The number of alkyl halides is 3. The second-order valence-corrected chi connectivity index (χ2v) is 4.70. The molecule has 0 aliphatic heterocycles. The molecular weight excluding hydrogens is 272 g/mol. The number of nitrogens with zero attached hydrogens (tertiary/aromatic N) is 1. The molecule has 0 aliphatic rings. The van der Waals surface area contributed by atoms with E-state index in [1.807, 2.05) is 6.92 Å². The van der Waals surface area contributed by atoms with E-state index in [-0.39, 0.29) is 6.54 Å². The first-order chi connectivity index (χ1) is 9.35. The Bertz CT molecular complexity index is 418. The standard InChI is InChI=1S/C14H20F4N2/c1-3-8-19-10-11-12(15)5-4-6-13(11)20(2)9-7-14(16,17)18/h4-6,19H,3,7-10H2,1-2H3. The number of rotatable bonds is 7. The van der Waals surface area contributed by atoms with Gasteiger partial charge in [0.25, 0.3) is 0 Å². The summed E-state index contributed by atoms with van der Waals surface area (Å²) in [5.41, 5.74) is 0.906. The molecule has 1 aromatic rings. The van der Waals surface area contributed by atoms with Gasteiger partial charge in [-0.05, 0) is 25.1 Å². The van der Waals surface area contributed by atoms with E-state index in [0.29, 0.717) is 17.8 Å². The molecule has 0 saturated heterocycles. The zero-order valence-electron chi connectivity index (χ0n) is 11.7. The molecule has 2 nitrogen and oxygen atoms in total. The Kier molecular flexibility index (Phi) is 6.26. The average Bonchev–Trinajstić information content (AvgIpc) is 2.37. The summed E-state index contributed by atoms with van der Waals surface area (Å²) in [5, 5.41) is 3.07. The topological polar surface area (TPSA) is 15.3 Å². The maximum absolute atomic E-state index is 13.8. The molecule has 20 heavy (non-hydrogen) atoms. The van der Waals surface area contributed by atoms with Crippen LogP contribution in [0.2, 0.25) is 0 Å². The Morgan fingerprint density at radius 2 is 1.95 bits per heavy atom. The quantitative estimate of drug-likeness (QED) is 0.609. The predicted molar refractivity (Wildman–Crippen MR) is 72.3 cm³/mol. The van der Waals surface area contributed by atoms with Gasteiger partial charge in [-0.2, -0.15) is 13.2 Å². The van der Waals surface area contributed by atoms with Crippen molar-refractivity contribution < 1.29 is 17.6 Å². The summed E-state index contributed by atoms with van der Waals surface area (Å²) < 4.78 is 50.6. The Balaban J connectivity index is 2.79. The molecule has 0 radical (unpaired) electrons. The van der Waals surface area contributed by atoms with Gasteiger partial charge in [0.1, 0.15) is 5.82 Å². The lowest BCUT2D eigenvalue weighted by molar-refractivity contribution is -0.132. The molecule has 0 aromatic heterocycles. The molecule has 114 valence electrons. The van der Waals surface area contributed by atoms with E-state index in [0.717, 1.165) is 13.0 Å². The molecule has 0 amide bonds. The fourth-order valence-corrected chi connectivity index (χ4v) is 1.88. The predicted octanol–water partition coefficient (Wildman–Crippen LogP) is 3.71. The Morgan fingerprint density at radius 3 is 2.55 bits per heavy atom. The van der Waals surface area contributed by atoms with Gasteiger partial charge in [0, 0.05) is 31.4 Å². The summed E-state index contributed by atoms with van der Waals surface area (Å²) in [4.78, 5) is 1.44. The van der Waals surface area contributed by atoms with Crippen LogP contribution in [0.4, 0.5) is 23.2 Å². The summed E-state index contributed by atoms with van der Waals surface area (Å²) in [7, 11) is 1.55. The van der Waals surface area contributed by atoms with Crippen LogP contribution in [0.15, 0.2) is 18.2 Å². The van der Waals surface area contributed by atoms with Crippen LogP contribution in [0, 0.1) is 5.82 Å². The molecule has 0 heterocycles. The van der Waals surface area contributed by atoms with E-state index < -0.39 is 18.4 Å². The van der Waals surface area contributed by atoms with Crippen LogP contribution < -0.4 is 10.2 Å². The number of anilines is 1. The molecule has 0 fully saturated rings. The van der Waals surface area contributed by atoms with E-state index in [4.69, 9.17) is 0 Å². The molecular formula is C14H20F4N2. The van der Waals surface area contributed by atoms with Crippen LogP contribution in [0.1, 0.15) is 25.3 Å². The number of halogens is 4. The van der Waals surface area contributed by atoms with Crippen molar-refractivity contribution in [2.45, 2.75) is 32.5 Å². The lowest BCUT2D eigenvalue weighted by Gasteiger charge is -2.23. The first-order valence-corrected chi connectivity index (χ1v) is 6.61. The third-order valence-corrected chi connectivity index (χ3v) is 2.96. The van der Waals surface area contributed by atoms with Gasteiger partial charge in [-0.25, -0.2) is 4.39 Å². The monoisotopic (exact) mass is 292 g/mol. The zero-order valence-corrected chi connectivity index (χ0v) is 11.7. The lowest BCUT2D eigenvalue weighted by Crippen LogP contribution is -2.26. The molecule has 0 saturated carbocycles. The van der Waals surface area contributed by atoms with Gasteiger partial charge in [0.05, 0.1) is 6.42 Å². The Hall–Kier alpha value is -1.30. The molecule has 0 spiro atoms. The third-order valence-electron chi connectivity index (χ3n) is 2.96. The average molecular weight is 292 g/mol. The van der Waals surface area contributed by atoms with Crippen molar-refractivity contribution in [3.05, 3.63) is 29.6 Å². The van der Waals surface area contributed by atoms with Gasteiger partial charge in [0.2, 0.25) is 0 Å². The van der Waals surface area contributed by atoms with Gasteiger partial charge in [0.15, 0.2) is 0 Å². The summed E-state index contributed by atoms with van der Waals surface area (Å²) in [6, 6.07) is 4.48. The molecule has 0 unspecified atom stereocenters. The molecule has 0 aliphatic carbocycles. The van der Waals surface area contributed by atoms with Gasteiger partial charge < -0.3 is 10.2 Å². The van der Waals surface area contributed by atoms with Crippen LogP contribution in [0.3, 0.4) is 0 Å². The number of benzene rings is 1. The number of hydrogen-bond donors (Lipinski definition) is 1. The van der Waals surface area contributed by atoms with E-state index in [1.165, 1.54) is 17.0 Å². The minimum Gasteiger partial charge on any atom is -0.374 e. The molecule has 0 atom stereocenters. The van der Waals surface area contributed by atoms with Crippen LogP contribution in [0.5, 0.6) is 0 Å². The highest BCUT2D eigenvalue weighted by Gasteiger charge is 2.27. The van der Waals surface area contributed by atoms with Crippen molar-refractivity contribution in [3.63, 3.8) is 0 Å². The smallest absolute Gasteiger partial charge is 0.374 e. The summed E-state index contributed by atoms with van der Waals surface area (Å²) in [6.45, 7) is 2.85. The minimum atomic E-state index is -4.21. The van der Waals surface area contributed by atoms with Crippen molar-refractivity contribution in [3.8, 4) is 0 Å². The van der Waals surface area contributed by atoms with Crippen LogP contribution in [0.25, 0.3) is 0 Å². The maximum Gasteiger partial charge on any atom is 0.390 e. The van der Waals surface area contributed by atoms with Gasteiger partial charge in [-0.15, -0.1) is 0 Å². The lowest BCUT2D eigenvalue weighted by atomic mass is 10.1. The molecule has 1 N–H and O–H groups in total. The van der Waals surface area contributed by atoms with E-state index in [2.05, 4.69) is 5.32 Å². The number of hydrogen-bond acceptors (Lipinski definition) is 2. The fraction of sp³-hybridized carbons (Fsp3) is 0.571. The van der Waals surface area contributed by atoms with Gasteiger partial charge in [-0.3, -0.25) is 0 Å². The van der Waals surface area contributed by atoms with Crippen molar-refractivity contribution >= 4 is 5.69 Å². The largest absolute Gasteiger partial charge is 0.390 e. The van der Waals surface area contributed by atoms with Crippen molar-refractivity contribution in [2.24, 2.45) is 0 Å². The third kappa shape index (κ3) is 5.36. The SMILES string of the molecule is CCCNCc1c(F)cccc1N(C)CCC(F)(F)F. The highest BCUT2D eigenvalue weighted by Crippen LogP contribution is 2.25. The van der Waals surface area contributed by atoms with Gasteiger partial charge >= 0.3 is 6.18 Å². The molecule has 1 aromatic carbocycles. The highest BCUT2D eigenvalue weighted by molar-refractivity contribution is 5.53. The Morgan fingerprint density at radius 1 is 1.25 bits per heavy atom. The summed E-state index contributed by atoms with van der Waals surface area (Å²) in [5.74, 6) is -0.398. The van der Waals surface area contributed by atoms with E-state index in [9.17, 15) is 17.6 Å². The zero-order chi connectivity index (χ0) is 15.2. The number of nitrogens with one attached hydrogen (secondary N) is 1. The molecule has 1 rings (SSSR count). The summed E-state index contributed by atoms with van der Waals surface area (Å²) >= 11 is 0. The Labute approximate surface area is 116 Å². The normalized spacial score (nSPS) is 11.7. The molecule has 0 bridgehead atoms. The summed E-state index contributed by atoms with van der Waals surface area (Å²) in [6.07, 6.45) is -4.21. The second kappa shape index (κ2) is 7.47. The minimum absolute atomic E-state index is 0.187. The van der Waals surface area contributed by atoms with E-state index in [1.54, 1.807) is 13.1 Å². The first kappa shape index (κ1) is 16.8. The first-order valence-electron chi connectivity index (χ1n) is 6.61. The van der Waals surface area contributed by atoms with Crippen LogP contribution >= 0.6 is 0 Å². The highest BCUT2D eigenvalue weighted by atomic mass is 19.4. The second-order valence-electron chi connectivity index (χ2n) is 4.70. The molecule has 6 heteroatoms. The van der Waals surface area contributed by atoms with Crippen molar-refractivity contribution in [2.75, 3.05) is 25.0 Å².